The zero-order valence-corrected chi connectivity index (χ0v) is 12.3. The van der Waals surface area contributed by atoms with Gasteiger partial charge in [-0.15, -0.1) is 0 Å². The Morgan fingerprint density at radius 2 is 1.48 bits per heavy atom. The van der Waals surface area contributed by atoms with Crippen molar-refractivity contribution >= 4 is 10.1 Å². The van der Waals surface area contributed by atoms with Crippen LogP contribution >= 0.6 is 0 Å². The molecule has 0 amide bonds. The van der Waals surface area contributed by atoms with Crippen LogP contribution in [0.25, 0.3) is 0 Å². The Morgan fingerprint density at radius 1 is 0.952 bits per heavy atom. The lowest BCUT2D eigenvalue weighted by Crippen LogP contribution is -2.29. The van der Waals surface area contributed by atoms with Crippen LogP contribution in [0.4, 0.5) is 0 Å². The summed E-state index contributed by atoms with van der Waals surface area (Å²) in [5.41, 5.74) is 1.67. The van der Waals surface area contributed by atoms with Crippen LogP contribution in [-0.2, 0) is 23.2 Å². The summed E-state index contributed by atoms with van der Waals surface area (Å²) >= 11 is 0. The molecule has 0 aromatic carbocycles. The summed E-state index contributed by atoms with van der Waals surface area (Å²) in [6.07, 6.45) is 3.38. The molecule has 0 bridgehead atoms. The molecular formula is C14H17N3O3S. The lowest BCUT2D eigenvalue weighted by atomic mass is 10.3. The van der Waals surface area contributed by atoms with Gasteiger partial charge in [0.05, 0.1) is 17.1 Å². The van der Waals surface area contributed by atoms with Crippen molar-refractivity contribution in [3.63, 3.8) is 0 Å². The minimum absolute atomic E-state index is 0.214. The molecule has 0 spiro atoms. The third-order valence-electron chi connectivity index (χ3n) is 2.89. The molecular weight excluding hydrogens is 290 g/mol. The molecule has 0 unspecified atom stereocenters. The van der Waals surface area contributed by atoms with Crippen molar-refractivity contribution in [3.8, 4) is 0 Å². The first-order valence-electron chi connectivity index (χ1n) is 6.50. The first-order chi connectivity index (χ1) is 10.0. The first-order valence-corrected chi connectivity index (χ1v) is 8.11. The molecule has 7 heteroatoms. The molecule has 6 nitrogen and oxygen atoms in total. The van der Waals surface area contributed by atoms with Gasteiger partial charge >= 0.3 is 0 Å². The predicted molar refractivity (Wildman–Crippen MR) is 79.0 cm³/mol. The molecule has 0 aliphatic heterocycles. The zero-order valence-electron chi connectivity index (χ0n) is 11.5. The fourth-order valence-electron chi connectivity index (χ4n) is 1.90. The van der Waals surface area contributed by atoms with Crippen LogP contribution in [0.5, 0.6) is 0 Å². The Balaban J connectivity index is 2.06. The molecule has 2 rings (SSSR count). The molecule has 0 saturated heterocycles. The highest BCUT2D eigenvalue weighted by Crippen LogP contribution is 2.07. The first kappa shape index (κ1) is 15.6. The summed E-state index contributed by atoms with van der Waals surface area (Å²) in [7, 11) is -3.99. The molecule has 0 fully saturated rings. The number of aromatic nitrogens is 2. The van der Waals surface area contributed by atoms with Crippen LogP contribution in [0.15, 0.2) is 48.8 Å². The average molecular weight is 307 g/mol. The van der Waals surface area contributed by atoms with E-state index in [1.807, 2.05) is 41.3 Å². The normalized spacial score (nSPS) is 11.7. The summed E-state index contributed by atoms with van der Waals surface area (Å²) in [5, 5.41) is 0. The molecule has 2 aromatic heterocycles. The Morgan fingerprint density at radius 3 is 1.86 bits per heavy atom. The lowest BCUT2D eigenvalue weighted by Gasteiger charge is -2.20. The minimum atomic E-state index is -3.99. The van der Waals surface area contributed by atoms with E-state index < -0.39 is 10.1 Å². The van der Waals surface area contributed by atoms with Crippen molar-refractivity contribution in [1.82, 2.24) is 14.9 Å². The maximum atomic E-state index is 10.9. The Labute approximate surface area is 124 Å². The SMILES string of the molecule is O=S(=O)(O)CCN(Cc1ccccn1)Cc1ccccn1. The summed E-state index contributed by atoms with van der Waals surface area (Å²) in [6.45, 7) is 1.20. The fourth-order valence-corrected chi connectivity index (χ4v) is 2.39. The fraction of sp³-hybridized carbons (Fsp3) is 0.286. The lowest BCUT2D eigenvalue weighted by molar-refractivity contribution is 0.264. The Bertz CT molecular complexity index is 606. The Kier molecular flexibility index (Phi) is 5.38. The molecule has 0 atom stereocenters. The monoisotopic (exact) mass is 307 g/mol. The molecule has 2 heterocycles. The number of nitrogens with zero attached hydrogens (tertiary/aromatic N) is 3. The highest BCUT2D eigenvalue weighted by atomic mass is 32.2. The van der Waals surface area contributed by atoms with E-state index in [2.05, 4.69) is 9.97 Å². The molecule has 1 N–H and O–H groups in total. The van der Waals surface area contributed by atoms with Gasteiger partial charge in [0.2, 0.25) is 0 Å². The molecule has 0 saturated carbocycles. The summed E-state index contributed by atoms with van der Waals surface area (Å²) in [6, 6.07) is 11.2. The van der Waals surface area contributed by atoms with Gasteiger partial charge in [-0.2, -0.15) is 8.42 Å². The van der Waals surface area contributed by atoms with E-state index >= 15 is 0 Å². The molecule has 0 radical (unpaired) electrons. The van der Waals surface area contributed by atoms with Gasteiger partial charge in [0.1, 0.15) is 0 Å². The van der Waals surface area contributed by atoms with Crippen molar-refractivity contribution < 1.29 is 13.0 Å². The van der Waals surface area contributed by atoms with Crippen molar-refractivity contribution in [1.29, 1.82) is 0 Å². The Hall–Kier alpha value is -1.83. The van der Waals surface area contributed by atoms with Gasteiger partial charge in [-0.1, -0.05) is 12.1 Å². The van der Waals surface area contributed by atoms with E-state index in [1.165, 1.54) is 0 Å². The third-order valence-corrected chi connectivity index (χ3v) is 3.59. The topological polar surface area (TPSA) is 83.4 Å². The maximum Gasteiger partial charge on any atom is 0.266 e. The van der Waals surface area contributed by atoms with Gasteiger partial charge < -0.3 is 0 Å². The quantitative estimate of drug-likeness (QED) is 0.778. The van der Waals surface area contributed by atoms with Gasteiger partial charge in [-0.05, 0) is 24.3 Å². The summed E-state index contributed by atoms with van der Waals surface area (Å²) < 4.78 is 30.8. The molecule has 2 aromatic rings. The second kappa shape index (κ2) is 7.26. The van der Waals surface area contributed by atoms with E-state index in [1.54, 1.807) is 12.4 Å². The predicted octanol–water partition coefficient (Wildman–Crippen LogP) is 1.37. The highest BCUT2D eigenvalue weighted by Gasteiger charge is 2.13. The molecule has 0 aliphatic carbocycles. The summed E-state index contributed by atoms with van der Waals surface area (Å²) in [5.74, 6) is -0.313. The number of hydrogen-bond acceptors (Lipinski definition) is 5. The van der Waals surface area contributed by atoms with Crippen LogP contribution in [0, 0.1) is 0 Å². The van der Waals surface area contributed by atoms with Crippen LogP contribution in [0.1, 0.15) is 11.4 Å². The standard InChI is InChI=1S/C14H17N3O3S/c18-21(19,20)10-9-17(11-13-5-1-3-7-15-13)12-14-6-2-4-8-16-14/h1-8H,9-12H2,(H,18,19,20). The van der Waals surface area contributed by atoms with Crippen LogP contribution < -0.4 is 0 Å². The van der Waals surface area contributed by atoms with E-state index in [-0.39, 0.29) is 12.3 Å². The van der Waals surface area contributed by atoms with Crippen LogP contribution in [0.3, 0.4) is 0 Å². The van der Waals surface area contributed by atoms with Gasteiger partial charge in [0.15, 0.2) is 0 Å². The minimum Gasteiger partial charge on any atom is -0.291 e. The second-order valence-corrected chi connectivity index (χ2v) is 6.21. The van der Waals surface area contributed by atoms with Gasteiger partial charge in [0, 0.05) is 32.0 Å². The average Bonchev–Trinajstić information content (AvgIpc) is 2.46. The van der Waals surface area contributed by atoms with Crippen molar-refractivity contribution in [2.24, 2.45) is 0 Å². The smallest absolute Gasteiger partial charge is 0.266 e. The zero-order chi connectivity index (χ0) is 15.1. The van der Waals surface area contributed by atoms with E-state index in [9.17, 15) is 8.42 Å². The molecule has 0 aliphatic rings. The van der Waals surface area contributed by atoms with Gasteiger partial charge in [0.25, 0.3) is 10.1 Å². The van der Waals surface area contributed by atoms with Gasteiger partial charge in [-0.3, -0.25) is 19.4 Å². The number of rotatable bonds is 7. The van der Waals surface area contributed by atoms with Gasteiger partial charge in [-0.25, -0.2) is 0 Å². The number of pyridine rings is 2. The second-order valence-electron chi connectivity index (χ2n) is 4.64. The van der Waals surface area contributed by atoms with Crippen molar-refractivity contribution in [3.05, 3.63) is 60.2 Å². The maximum absolute atomic E-state index is 10.9. The van der Waals surface area contributed by atoms with E-state index in [4.69, 9.17) is 4.55 Å². The summed E-state index contributed by atoms with van der Waals surface area (Å²) in [4.78, 5) is 10.3. The molecule has 112 valence electrons. The van der Waals surface area contributed by atoms with E-state index in [0.717, 1.165) is 11.4 Å². The number of hydrogen-bond donors (Lipinski definition) is 1. The molecule has 21 heavy (non-hydrogen) atoms. The van der Waals surface area contributed by atoms with Crippen LogP contribution in [0.2, 0.25) is 0 Å². The van der Waals surface area contributed by atoms with E-state index in [0.29, 0.717) is 13.1 Å². The highest BCUT2D eigenvalue weighted by molar-refractivity contribution is 7.85. The van der Waals surface area contributed by atoms with Crippen molar-refractivity contribution in [2.75, 3.05) is 12.3 Å². The third kappa shape index (κ3) is 5.99. The largest absolute Gasteiger partial charge is 0.291 e. The van der Waals surface area contributed by atoms with Crippen LogP contribution in [-0.4, -0.2) is 40.1 Å². The van der Waals surface area contributed by atoms with Crippen molar-refractivity contribution in [2.45, 2.75) is 13.1 Å².